The fourth-order valence-electron chi connectivity index (χ4n) is 3.53. The van der Waals surface area contributed by atoms with E-state index in [1.165, 1.54) is 18.3 Å². The number of sulfonamides is 1. The van der Waals surface area contributed by atoms with Crippen LogP contribution in [0.15, 0.2) is 35.4 Å². The maximum Gasteiger partial charge on any atom is 0.274 e. The van der Waals surface area contributed by atoms with Crippen molar-refractivity contribution in [2.75, 3.05) is 18.8 Å². The summed E-state index contributed by atoms with van der Waals surface area (Å²) in [6.45, 7) is 5.82. The maximum atomic E-state index is 12.9. The van der Waals surface area contributed by atoms with Crippen molar-refractivity contribution in [3.05, 3.63) is 36.2 Å². The average molecular weight is 419 g/mol. The molecule has 29 heavy (non-hydrogen) atoms. The predicted octanol–water partition coefficient (Wildman–Crippen LogP) is 0.881. The van der Waals surface area contributed by atoms with Crippen molar-refractivity contribution in [1.82, 2.24) is 20.6 Å². The highest BCUT2D eigenvalue weighted by Crippen LogP contribution is 2.26. The van der Waals surface area contributed by atoms with Crippen LogP contribution in [0.4, 0.5) is 5.82 Å². The van der Waals surface area contributed by atoms with E-state index in [2.05, 4.69) is 20.6 Å². The molecule has 0 atom stereocenters. The van der Waals surface area contributed by atoms with E-state index >= 15 is 0 Å². The Morgan fingerprint density at radius 2 is 1.97 bits per heavy atom. The van der Waals surface area contributed by atoms with E-state index in [1.807, 2.05) is 13.8 Å². The predicted molar refractivity (Wildman–Crippen MR) is 110 cm³/mol. The van der Waals surface area contributed by atoms with Gasteiger partial charge in [0.2, 0.25) is 10.0 Å². The van der Waals surface area contributed by atoms with E-state index in [0.717, 1.165) is 25.9 Å². The normalized spacial score (nSPS) is 15.8. The number of carbonyl (C=O) groups excluding carboxylic acids is 1. The minimum Gasteiger partial charge on any atom is -0.382 e. The summed E-state index contributed by atoms with van der Waals surface area (Å²) >= 11 is 0. The third-order valence-electron chi connectivity index (χ3n) is 5.27. The van der Waals surface area contributed by atoms with Gasteiger partial charge in [-0.3, -0.25) is 4.79 Å². The number of aromatic nitrogens is 2. The van der Waals surface area contributed by atoms with Crippen LogP contribution in [0.25, 0.3) is 11.3 Å². The van der Waals surface area contributed by atoms with Gasteiger partial charge < -0.3 is 16.4 Å². The molecule has 9 nitrogen and oxygen atoms in total. The molecule has 6 N–H and O–H groups in total. The first-order valence-corrected chi connectivity index (χ1v) is 10.9. The zero-order valence-electron chi connectivity index (χ0n) is 16.5. The van der Waals surface area contributed by atoms with Crippen molar-refractivity contribution < 1.29 is 13.2 Å². The molecular weight excluding hydrogens is 392 g/mol. The summed E-state index contributed by atoms with van der Waals surface area (Å²) in [5.74, 6) is -0.0746. The lowest BCUT2D eigenvalue weighted by molar-refractivity contribution is 0.0858. The highest BCUT2D eigenvalue weighted by molar-refractivity contribution is 7.89. The second-order valence-corrected chi connectivity index (χ2v) is 9.32. The van der Waals surface area contributed by atoms with Gasteiger partial charge in [0.25, 0.3) is 5.91 Å². The van der Waals surface area contributed by atoms with E-state index in [0.29, 0.717) is 17.2 Å². The minimum absolute atomic E-state index is 0.00511. The number of amides is 1. The number of nitrogen functional groups attached to an aromatic ring is 1. The Balaban J connectivity index is 1.88. The number of hydrogen-bond donors (Lipinski definition) is 4. The van der Waals surface area contributed by atoms with E-state index in [1.54, 1.807) is 12.1 Å². The monoisotopic (exact) mass is 418 g/mol. The third-order valence-corrected chi connectivity index (χ3v) is 6.18. The molecular formula is C19H26N6O3S. The molecule has 0 unspecified atom stereocenters. The largest absolute Gasteiger partial charge is 0.382 e. The van der Waals surface area contributed by atoms with E-state index in [9.17, 15) is 13.2 Å². The van der Waals surface area contributed by atoms with Gasteiger partial charge in [-0.1, -0.05) is 12.1 Å². The molecule has 0 radical (unpaired) electrons. The highest BCUT2D eigenvalue weighted by atomic mass is 32.2. The first-order valence-electron chi connectivity index (χ1n) is 9.37. The van der Waals surface area contributed by atoms with Gasteiger partial charge in [0.1, 0.15) is 0 Å². The van der Waals surface area contributed by atoms with Crippen LogP contribution in [-0.2, 0) is 10.0 Å². The molecule has 0 aliphatic carbocycles. The summed E-state index contributed by atoms with van der Waals surface area (Å²) in [5, 5.41) is 11.5. The topological polar surface area (TPSA) is 153 Å². The van der Waals surface area contributed by atoms with Crippen LogP contribution in [-0.4, -0.2) is 42.9 Å². The van der Waals surface area contributed by atoms with Gasteiger partial charge >= 0.3 is 0 Å². The minimum atomic E-state index is -3.86. The van der Waals surface area contributed by atoms with Crippen LogP contribution in [0.3, 0.4) is 0 Å². The zero-order chi connectivity index (χ0) is 21.2. The van der Waals surface area contributed by atoms with Crippen molar-refractivity contribution in [1.29, 1.82) is 0 Å². The molecule has 3 rings (SSSR count). The molecule has 0 saturated carbocycles. The second-order valence-electron chi connectivity index (χ2n) is 7.76. The number of carbonyl (C=O) groups is 1. The molecule has 156 valence electrons. The van der Waals surface area contributed by atoms with Crippen LogP contribution in [0.5, 0.6) is 0 Å². The van der Waals surface area contributed by atoms with Crippen LogP contribution in [0.1, 0.15) is 37.2 Å². The quantitative estimate of drug-likeness (QED) is 0.562. The van der Waals surface area contributed by atoms with Crippen molar-refractivity contribution in [2.24, 2.45) is 11.1 Å². The van der Waals surface area contributed by atoms with Crippen molar-refractivity contribution in [2.45, 2.75) is 37.1 Å². The first kappa shape index (κ1) is 21.2. The van der Waals surface area contributed by atoms with Crippen molar-refractivity contribution in [3.63, 3.8) is 0 Å². The van der Waals surface area contributed by atoms with Crippen LogP contribution in [0, 0.1) is 5.92 Å². The van der Waals surface area contributed by atoms with Gasteiger partial charge in [-0.15, -0.1) is 0 Å². The molecule has 10 heteroatoms. The van der Waals surface area contributed by atoms with E-state index < -0.39 is 21.5 Å². The summed E-state index contributed by atoms with van der Waals surface area (Å²) < 4.78 is 23.2. The Labute approximate surface area is 170 Å². The number of primary sulfonamides is 1. The van der Waals surface area contributed by atoms with Crippen molar-refractivity contribution >= 4 is 21.7 Å². The van der Waals surface area contributed by atoms with Gasteiger partial charge in [0.05, 0.1) is 16.8 Å². The zero-order valence-corrected chi connectivity index (χ0v) is 17.3. The average Bonchev–Trinajstić information content (AvgIpc) is 2.68. The van der Waals surface area contributed by atoms with Gasteiger partial charge in [0, 0.05) is 11.1 Å². The number of rotatable bonds is 5. The van der Waals surface area contributed by atoms with E-state index in [-0.39, 0.29) is 16.4 Å². The highest BCUT2D eigenvalue weighted by Gasteiger charge is 2.33. The molecule has 1 aliphatic heterocycles. The van der Waals surface area contributed by atoms with Gasteiger partial charge in [-0.05, 0) is 57.8 Å². The lowest BCUT2D eigenvalue weighted by atomic mass is 9.80. The van der Waals surface area contributed by atoms with E-state index in [4.69, 9.17) is 10.9 Å². The van der Waals surface area contributed by atoms with Gasteiger partial charge in [0.15, 0.2) is 11.5 Å². The first-order chi connectivity index (χ1) is 13.6. The molecule has 1 aliphatic rings. The lowest BCUT2D eigenvalue weighted by Crippen LogP contribution is -2.52. The smallest absolute Gasteiger partial charge is 0.274 e. The van der Waals surface area contributed by atoms with Crippen LogP contribution < -0.4 is 21.5 Å². The number of anilines is 1. The standard InChI is InChI=1S/C19H26N6O3S/c1-19(2,13-6-8-22-9-7-13)25-18(26)16-17(20)23-11-15(24-16)12-4-3-5-14(10-12)29(21,27)28/h3-5,10-11,13,22H,6-9H2,1-2H3,(H2,20,23)(H,25,26)(H2,21,27,28). The molecule has 1 aromatic carbocycles. The summed E-state index contributed by atoms with van der Waals surface area (Å²) in [4.78, 5) is 21.3. The van der Waals surface area contributed by atoms with Gasteiger partial charge in [-0.25, -0.2) is 23.5 Å². The Morgan fingerprint density at radius 3 is 2.62 bits per heavy atom. The summed E-state index contributed by atoms with van der Waals surface area (Å²) in [6.07, 6.45) is 3.33. The molecule has 1 saturated heterocycles. The number of piperidine rings is 1. The molecule has 2 aromatic rings. The number of nitrogens with zero attached hydrogens (tertiary/aromatic N) is 2. The Morgan fingerprint density at radius 1 is 1.28 bits per heavy atom. The Kier molecular flexibility index (Phi) is 5.87. The number of hydrogen-bond acceptors (Lipinski definition) is 7. The third kappa shape index (κ3) is 4.89. The lowest BCUT2D eigenvalue weighted by Gasteiger charge is -2.37. The number of benzene rings is 1. The number of nitrogens with one attached hydrogen (secondary N) is 2. The SMILES string of the molecule is CC(C)(NC(=O)c1nc(-c2cccc(S(N)(=O)=O)c2)cnc1N)C1CCNCC1. The maximum absolute atomic E-state index is 12.9. The Hall–Kier alpha value is -2.56. The molecule has 2 heterocycles. The fourth-order valence-corrected chi connectivity index (χ4v) is 4.09. The fraction of sp³-hybridized carbons (Fsp3) is 0.421. The summed E-state index contributed by atoms with van der Waals surface area (Å²) in [7, 11) is -3.86. The van der Waals surface area contributed by atoms with Crippen LogP contribution in [0.2, 0.25) is 0 Å². The Bertz CT molecular complexity index is 1020. The summed E-state index contributed by atoms with van der Waals surface area (Å²) in [6, 6.07) is 5.98. The molecule has 1 fully saturated rings. The molecule has 1 aromatic heterocycles. The van der Waals surface area contributed by atoms with Crippen molar-refractivity contribution in [3.8, 4) is 11.3 Å². The molecule has 0 bridgehead atoms. The van der Waals surface area contributed by atoms with Crippen LogP contribution >= 0.6 is 0 Å². The number of nitrogens with two attached hydrogens (primary N) is 2. The molecule has 0 spiro atoms. The van der Waals surface area contributed by atoms with Gasteiger partial charge in [-0.2, -0.15) is 0 Å². The second kappa shape index (κ2) is 8.05. The summed E-state index contributed by atoms with van der Waals surface area (Å²) in [5.41, 5.74) is 6.27. The molecule has 1 amide bonds.